The standard InChI is InChI=1S/C13H13Cl2N3/c1-8(9-3-2-4-10(14)5-9)18-13-12(15)6-11(16)7-17-13/h2-8H,16H2,1H3,(H,17,18). The van der Waals surface area contributed by atoms with Crippen molar-refractivity contribution in [1.29, 1.82) is 0 Å². The molecule has 0 fully saturated rings. The number of hydrogen-bond acceptors (Lipinski definition) is 3. The Morgan fingerprint density at radius 2 is 2.06 bits per heavy atom. The number of halogens is 2. The van der Waals surface area contributed by atoms with Gasteiger partial charge in [0.15, 0.2) is 0 Å². The molecule has 2 rings (SSSR count). The van der Waals surface area contributed by atoms with Crippen molar-refractivity contribution in [3.05, 3.63) is 52.1 Å². The first-order valence-corrected chi connectivity index (χ1v) is 6.25. The van der Waals surface area contributed by atoms with E-state index >= 15 is 0 Å². The molecule has 0 saturated carbocycles. The smallest absolute Gasteiger partial charge is 0.145 e. The Bertz CT molecular complexity index is 558. The second-order valence-corrected chi connectivity index (χ2v) is 4.86. The van der Waals surface area contributed by atoms with Gasteiger partial charge in [-0.2, -0.15) is 0 Å². The van der Waals surface area contributed by atoms with Crippen molar-refractivity contribution in [2.75, 3.05) is 11.1 Å². The molecule has 1 aromatic heterocycles. The van der Waals surface area contributed by atoms with E-state index in [-0.39, 0.29) is 6.04 Å². The molecule has 3 N–H and O–H groups in total. The molecule has 3 nitrogen and oxygen atoms in total. The number of anilines is 2. The lowest BCUT2D eigenvalue weighted by Gasteiger charge is -2.16. The average Bonchev–Trinajstić information content (AvgIpc) is 2.32. The lowest BCUT2D eigenvalue weighted by Crippen LogP contribution is -2.08. The Kier molecular flexibility index (Phi) is 3.94. The zero-order valence-corrected chi connectivity index (χ0v) is 11.3. The Hall–Kier alpha value is -1.45. The number of nitrogen functional groups attached to an aromatic ring is 1. The summed E-state index contributed by atoms with van der Waals surface area (Å²) in [7, 11) is 0. The second kappa shape index (κ2) is 5.46. The van der Waals surface area contributed by atoms with Crippen LogP contribution in [0.25, 0.3) is 0 Å². The van der Waals surface area contributed by atoms with Gasteiger partial charge in [-0.3, -0.25) is 0 Å². The molecule has 0 bridgehead atoms. The highest BCUT2D eigenvalue weighted by Gasteiger charge is 2.09. The fourth-order valence-electron chi connectivity index (χ4n) is 1.62. The highest BCUT2D eigenvalue weighted by atomic mass is 35.5. The molecule has 18 heavy (non-hydrogen) atoms. The third-order valence-corrected chi connectivity index (χ3v) is 3.09. The van der Waals surface area contributed by atoms with E-state index in [9.17, 15) is 0 Å². The summed E-state index contributed by atoms with van der Waals surface area (Å²) in [5, 5.41) is 4.43. The number of benzene rings is 1. The summed E-state index contributed by atoms with van der Waals surface area (Å²) in [5.41, 5.74) is 7.21. The van der Waals surface area contributed by atoms with Crippen molar-refractivity contribution in [3.8, 4) is 0 Å². The largest absolute Gasteiger partial charge is 0.397 e. The van der Waals surface area contributed by atoms with Gasteiger partial charge in [-0.1, -0.05) is 35.3 Å². The zero-order chi connectivity index (χ0) is 13.1. The van der Waals surface area contributed by atoms with Gasteiger partial charge in [0.25, 0.3) is 0 Å². The fourth-order valence-corrected chi connectivity index (χ4v) is 2.05. The van der Waals surface area contributed by atoms with E-state index in [2.05, 4.69) is 10.3 Å². The molecule has 0 aliphatic carbocycles. The van der Waals surface area contributed by atoms with Gasteiger partial charge >= 0.3 is 0 Å². The lowest BCUT2D eigenvalue weighted by molar-refractivity contribution is 0.875. The fraction of sp³-hybridized carbons (Fsp3) is 0.154. The van der Waals surface area contributed by atoms with Crippen molar-refractivity contribution in [3.63, 3.8) is 0 Å². The van der Waals surface area contributed by atoms with Crippen LogP contribution >= 0.6 is 23.2 Å². The van der Waals surface area contributed by atoms with Gasteiger partial charge in [-0.25, -0.2) is 4.98 Å². The first-order valence-electron chi connectivity index (χ1n) is 5.49. The summed E-state index contributed by atoms with van der Waals surface area (Å²) < 4.78 is 0. The van der Waals surface area contributed by atoms with E-state index in [1.54, 1.807) is 12.3 Å². The monoisotopic (exact) mass is 281 g/mol. The van der Waals surface area contributed by atoms with E-state index in [1.807, 2.05) is 31.2 Å². The number of aromatic nitrogens is 1. The molecular weight excluding hydrogens is 269 g/mol. The SMILES string of the molecule is CC(Nc1ncc(N)cc1Cl)c1cccc(Cl)c1. The minimum absolute atomic E-state index is 0.0531. The van der Waals surface area contributed by atoms with Crippen molar-refractivity contribution in [1.82, 2.24) is 4.98 Å². The second-order valence-electron chi connectivity index (χ2n) is 4.02. The van der Waals surface area contributed by atoms with Gasteiger partial charge in [0, 0.05) is 5.02 Å². The van der Waals surface area contributed by atoms with Crippen LogP contribution in [-0.2, 0) is 0 Å². The quantitative estimate of drug-likeness (QED) is 0.889. The van der Waals surface area contributed by atoms with E-state index in [4.69, 9.17) is 28.9 Å². The van der Waals surface area contributed by atoms with Crippen LogP contribution in [0, 0.1) is 0 Å². The summed E-state index contributed by atoms with van der Waals surface area (Å²) in [6.45, 7) is 2.01. The van der Waals surface area contributed by atoms with Gasteiger partial charge in [-0.15, -0.1) is 0 Å². The van der Waals surface area contributed by atoms with Crippen LogP contribution < -0.4 is 11.1 Å². The molecule has 0 amide bonds. The molecule has 2 aromatic rings. The Morgan fingerprint density at radius 3 is 2.72 bits per heavy atom. The third kappa shape index (κ3) is 3.06. The predicted molar refractivity (Wildman–Crippen MR) is 77.1 cm³/mol. The number of nitrogens with two attached hydrogens (primary N) is 1. The van der Waals surface area contributed by atoms with Crippen molar-refractivity contribution in [2.45, 2.75) is 13.0 Å². The highest BCUT2D eigenvalue weighted by Crippen LogP contribution is 2.26. The number of pyridine rings is 1. The predicted octanol–water partition coefficient (Wildman–Crippen LogP) is 4.14. The van der Waals surface area contributed by atoms with Crippen LogP contribution in [0.2, 0.25) is 10.0 Å². The average molecular weight is 282 g/mol. The zero-order valence-electron chi connectivity index (χ0n) is 9.82. The maximum absolute atomic E-state index is 6.06. The minimum Gasteiger partial charge on any atom is -0.397 e. The van der Waals surface area contributed by atoms with E-state index in [0.29, 0.717) is 21.6 Å². The maximum Gasteiger partial charge on any atom is 0.145 e. The molecule has 1 atom stereocenters. The molecule has 0 radical (unpaired) electrons. The van der Waals surface area contributed by atoms with Crippen molar-refractivity contribution < 1.29 is 0 Å². The van der Waals surface area contributed by atoms with Crippen LogP contribution in [-0.4, -0.2) is 4.98 Å². The van der Waals surface area contributed by atoms with E-state index in [1.165, 1.54) is 0 Å². The van der Waals surface area contributed by atoms with Crippen LogP contribution in [0.4, 0.5) is 11.5 Å². The molecular formula is C13H13Cl2N3. The van der Waals surface area contributed by atoms with Gasteiger partial charge in [0.05, 0.1) is 22.9 Å². The minimum atomic E-state index is 0.0531. The van der Waals surface area contributed by atoms with Crippen molar-refractivity contribution in [2.24, 2.45) is 0 Å². The summed E-state index contributed by atoms with van der Waals surface area (Å²) in [6.07, 6.45) is 1.57. The van der Waals surface area contributed by atoms with E-state index < -0.39 is 0 Å². The van der Waals surface area contributed by atoms with Gasteiger partial charge in [0.2, 0.25) is 0 Å². The third-order valence-electron chi connectivity index (χ3n) is 2.56. The van der Waals surface area contributed by atoms with Gasteiger partial charge in [-0.05, 0) is 30.7 Å². The molecule has 0 saturated heterocycles. The Labute approximate surface area is 116 Å². The van der Waals surface area contributed by atoms with Crippen molar-refractivity contribution >= 4 is 34.7 Å². The molecule has 0 aliphatic heterocycles. The Morgan fingerprint density at radius 1 is 1.28 bits per heavy atom. The van der Waals surface area contributed by atoms with E-state index in [0.717, 1.165) is 5.56 Å². The van der Waals surface area contributed by atoms with Crippen LogP contribution in [0.5, 0.6) is 0 Å². The van der Waals surface area contributed by atoms with Gasteiger partial charge in [0.1, 0.15) is 5.82 Å². The maximum atomic E-state index is 6.06. The Balaban J connectivity index is 2.18. The van der Waals surface area contributed by atoms with Crippen LogP contribution in [0.15, 0.2) is 36.5 Å². The molecule has 1 heterocycles. The molecule has 94 valence electrons. The van der Waals surface area contributed by atoms with Gasteiger partial charge < -0.3 is 11.1 Å². The van der Waals surface area contributed by atoms with Crippen LogP contribution in [0.3, 0.4) is 0 Å². The molecule has 0 aliphatic rings. The summed E-state index contributed by atoms with van der Waals surface area (Å²) in [4.78, 5) is 4.16. The number of hydrogen-bond donors (Lipinski definition) is 2. The first kappa shape index (κ1) is 13.0. The summed E-state index contributed by atoms with van der Waals surface area (Å²) in [5.74, 6) is 0.610. The number of nitrogens with one attached hydrogen (secondary N) is 1. The molecule has 1 aromatic carbocycles. The molecule has 1 unspecified atom stereocenters. The summed E-state index contributed by atoms with van der Waals surface area (Å²) >= 11 is 12.0. The molecule has 5 heteroatoms. The number of rotatable bonds is 3. The highest BCUT2D eigenvalue weighted by molar-refractivity contribution is 6.33. The summed E-state index contributed by atoms with van der Waals surface area (Å²) in [6, 6.07) is 9.37. The topological polar surface area (TPSA) is 50.9 Å². The normalized spacial score (nSPS) is 12.2. The lowest BCUT2D eigenvalue weighted by atomic mass is 10.1. The first-order chi connectivity index (χ1) is 8.56. The van der Waals surface area contributed by atoms with Crippen LogP contribution in [0.1, 0.15) is 18.5 Å². The molecule has 0 spiro atoms. The number of nitrogens with zero attached hydrogens (tertiary/aromatic N) is 1.